The first-order valence-corrected chi connectivity index (χ1v) is 12.5. The van der Waals surface area contributed by atoms with Gasteiger partial charge < -0.3 is 14.6 Å². The lowest BCUT2D eigenvalue weighted by molar-refractivity contribution is -0.115. The van der Waals surface area contributed by atoms with Gasteiger partial charge >= 0.3 is 0 Å². The summed E-state index contributed by atoms with van der Waals surface area (Å²) in [5.41, 5.74) is 3.08. The molecule has 0 spiro atoms. The van der Waals surface area contributed by atoms with Crippen LogP contribution in [0.2, 0.25) is 0 Å². The van der Waals surface area contributed by atoms with Gasteiger partial charge in [-0.25, -0.2) is 8.42 Å². The molecule has 37 heavy (non-hydrogen) atoms. The smallest absolute Gasteiger partial charge is 0.295 e. The number of methoxy groups -OCH3 is 1. The molecule has 0 unspecified atom stereocenters. The Morgan fingerprint density at radius 1 is 1.22 bits per heavy atom. The number of anilines is 1. The Balaban J connectivity index is 1.57. The van der Waals surface area contributed by atoms with Gasteiger partial charge in [0.1, 0.15) is 10.6 Å². The van der Waals surface area contributed by atoms with Crippen molar-refractivity contribution in [2.45, 2.75) is 31.8 Å². The quantitative estimate of drug-likeness (QED) is 0.253. The number of amides is 1. The Kier molecular flexibility index (Phi) is 6.99. The maximum atomic E-state index is 13.1. The lowest BCUT2D eigenvalue weighted by Crippen LogP contribution is -2.20. The summed E-state index contributed by atoms with van der Waals surface area (Å²) in [6.45, 7) is 3.86. The number of hydrogen-bond donors (Lipinski definition) is 2. The van der Waals surface area contributed by atoms with Crippen LogP contribution in [0, 0.1) is 19.3 Å². The number of ketones is 1. The first-order valence-electron chi connectivity index (χ1n) is 11.0. The van der Waals surface area contributed by atoms with Crippen LogP contribution < -0.4 is 14.8 Å². The number of fused-ring (bicyclic) bond motifs is 1. The Labute approximate surface area is 212 Å². The van der Waals surface area contributed by atoms with Gasteiger partial charge in [-0.2, -0.15) is 5.10 Å². The van der Waals surface area contributed by atoms with Crippen molar-refractivity contribution in [3.8, 4) is 18.1 Å². The number of hydrogen-bond acceptors (Lipinski definition) is 8. The maximum absolute atomic E-state index is 13.1. The van der Waals surface area contributed by atoms with Crippen LogP contribution in [0.3, 0.4) is 0 Å². The van der Waals surface area contributed by atoms with Gasteiger partial charge in [0.25, 0.3) is 15.9 Å². The Hall–Kier alpha value is -4.63. The van der Waals surface area contributed by atoms with Crippen molar-refractivity contribution >= 4 is 38.5 Å². The number of carbonyl (C=O) groups excluding carboxylic acids is 2. The number of terminal acetylenes is 1. The minimum Gasteiger partial charge on any atom is -0.495 e. The molecule has 0 aliphatic heterocycles. The van der Waals surface area contributed by atoms with Crippen LogP contribution >= 0.6 is 0 Å². The summed E-state index contributed by atoms with van der Waals surface area (Å²) in [7, 11) is -2.79. The molecule has 0 atom stereocenters. The molecule has 0 saturated heterocycles. The minimum atomic E-state index is -4.11. The summed E-state index contributed by atoms with van der Waals surface area (Å²) in [6.07, 6.45) is 8.45. The van der Waals surface area contributed by atoms with Crippen molar-refractivity contribution in [3.63, 3.8) is 0 Å². The summed E-state index contributed by atoms with van der Waals surface area (Å²) in [5.74, 6) is 1.33. The van der Waals surface area contributed by atoms with E-state index in [0.717, 1.165) is 16.7 Å². The summed E-state index contributed by atoms with van der Waals surface area (Å²) < 4.78 is 41.1. The summed E-state index contributed by atoms with van der Waals surface area (Å²) in [4.78, 5) is 22.7. The molecule has 0 radical (unpaired) electrons. The second-order valence-electron chi connectivity index (χ2n) is 8.22. The molecule has 4 aromatic rings. The van der Waals surface area contributed by atoms with Crippen LogP contribution in [0.15, 0.2) is 52.1 Å². The normalized spacial score (nSPS) is 11.2. The fourth-order valence-electron chi connectivity index (χ4n) is 3.80. The third kappa shape index (κ3) is 5.46. The molecule has 2 heterocycles. The van der Waals surface area contributed by atoms with Crippen LogP contribution in [0.4, 0.5) is 5.82 Å². The van der Waals surface area contributed by atoms with E-state index in [9.17, 15) is 18.0 Å². The van der Waals surface area contributed by atoms with Crippen molar-refractivity contribution in [2.24, 2.45) is 0 Å². The van der Waals surface area contributed by atoms with Crippen molar-refractivity contribution in [1.82, 2.24) is 20.3 Å². The van der Waals surface area contributed by atoms with E-state index in [1.807, 2.05) is 18.9 Å². The Morgan fingerprint density at radius 2 is 2.00 bits per heavy atom. The zero-order chi connectivity index (χ0) is 26.7. The van der Waals surface area contributed by atoms with E-state index < -0.39 is 15.9 Å². The highest BCUT2D eigenvalue weighted by molar-refractivity contribution is 7.92. The number of benzene rings is 2. The predicted molar refractivity (Wildman–Crippen MR) is 135 cm³/mol. The lowest BCUT2D eigenvalue weighted by Gasteiger charge is -2.11. The molecule has 190 valence electrons. The van der Waals surface area contributed by atoms with Crippen LogP contribution in [0.1, 0.15) is 34.0 Å². The highest BCUT2D eigenvalue weighted by Crippen LogP contribution is 2.32. The average Bonchev–Trinajstić information content (AvgIpc) is 3.48. The van der Waals surface area contributed by atoms with Crippen molar-refractivity contribution in [1.29, 1.82) is 0 Å². The van der Waals surface area contributed by atoms with Crippen LogP contribution in [-0.2, 0) is 27.9 Å². The van der Waals surface area contributed by atoms with Crippen molar-refractivity contribution in [2.75, 3.05) is 11.8 Å². The van der Waals surface area contributed by atoms with E-state index in [4.69, 9.17) is 15.7 Å². The summed E-state index contributed by atoms with van der Waals surface area (Å²) >= 11 is 0. The summed E-state index contributed by atoms with van der Waals surface area (Å²) in [6, 6.07) is 7.72. The maximum Gasteiger partial charge on any atom is 0.295 e. The predicted octanol–water partition coefficient (Wildman–Crippen LogP) is 2.64. The fourth-order valence-corrected chi connectivity index (χ4v) is 4.96. The molecule has 2 aromatic heterocycles. The molecule has 11 nitrogen and oxygen atoms in total. The fraction of sp³-hybridized carbons (Fsp3) is 0.200. The molecule has 12 heteroatoms. The highest BCUT2D eigenvalue weighted by atomic mass is 32.2. The summed E-state index contributed by atoms with van der Waals surface area (Å²) in [5, 5.41) is 11.3. The average molecular weight is 522 g/mol. The monoisotopic (exact) mass is 521 g/mol. The molecule has 2 aromatic carbocycles. The standard InChI is InChI=1S/C25H23N5O6S/c1-5-23(32)26-11-18-12-27-30(14-18)13-17-8-15(2)24-21(9-17)36-28-25(24)29-37(33,34)22-7-6-19(16(3)31)10-20(22)35-4/h1,6-10,12,14H,11,13H2,2-4H3,(H,26,32)(H,28,29). The molecule has 4 rings (SSSR count). The number of aromatic nitrogens is 3. The molecule has 0 aliphatic rings. The molecule has 0 fully saturated rings. The number of sulfonamides is 1. The molecule has 0 saturated carbocycles. The first-order chi connectivity index (χ1) is 17.6. The van der Waals surface area contributed by atoms with Gasteiger partial charge in [0, 0.05) is 23.9 Å². The van der Waals surface area contributed by atoms with Gasteiger partial charge in [-0.15, -0.1) is 6.42 Å². The van der Waals surface area contributed by atoms with Crippen LogP contribution in [0.25, 0.3) is 11.0 Å². The number of carbonyl (C=O) groups is 2. The number of nitrogens with one attached hydrogen (secondary N) is 2. The van der Waals surface area contributed by atoms with Gasteiger partial charge in [0.2, 0.25) is 0 Å². The third-order valence-corrected chi connectivity index (χ3v) is 6.92. The Morgan fingerprint density at radius 3 is 2.70 bits per heavy atom. The largest absolute Gasteiger partial charge is 0.495 e. The topological polar surface area (TPSA) is 145 Å². The third-order valence-electron chi connectivity index (χ3n) is 5.54. The van der Waals surface area contributed by atoms with Crippen molar-refractivity contribution in [3.05, 3.63) is 65.0 Å². The van der Waals surface area contributed by atoms with Gasteiger partial charge in [-0.1, -0.05) is 11.2 Å². The van der Waals surface area contributed by atoms with E-state index in [2.05, 4.69) is 20.3 Å². The lowest BCUT2D eigenvalue weighted by atomic mass is 10.1. The number of aryl methyl sites for hydroxylation is 1. The Bertz CT molecular complexity index is 1660. The van der Waals surface area contributed by atoms with Crippen LogP contribution in [-0.4, -0.2) is 42.2 Å². The van der Waals surface area contributed by atoms with Crippen molar-refractivity contribution < 1.29 is 27.3 Å². The van der Waals surface area contributed by atoms with Gasteiger partial charge in [0.15, 0.2) is 17.2 Å². The minimum absolute atomic E-state index is 0.0300. The van der Waals surface area contributed by atoms with Gasteiger partial charge in [-0.3, -0.25) is 19.0 Å². The zero-order valence-corrected chi connectivity index (χ0v) is 21.0. The van der Waals surface area contributed by atoms with Gasteiger partial charge in [0.05, 0.1) is 25.2 Å². The second-order valence-corrected chi connectivity index (χ2v) is 9.87. The number of ether oxygens (including phenoxy) is 1. The van der Waals surface area contributed by atoms with Crippen LogP contribution in [0.5, 0.6) is 5.75 Å². The highest BCUT2D eigenvalue weighted by Gasteiger charge is 2.24. The first kappa shape index (κ1) is 25.5. The van der Waals surface area contributed by atoms with E-state index in [1.165, 1.54) is 32.2 Å². The number of Topliss-reactive ketones (excluding diaryl/α,β-unsaturated/α-hetero) is 1. The van der Waals surface area contributed by atoms with E-state index in [-0.39, 0.29) is 28.8 Å². The zero-order valence-electron chi connectivity index (χ0n) is 20.2. The number of nitrogens with zero attached hydrogens (tertiary/aromatic N) is 3. The van der Waals surface area contributed by atoms with Gasteiger partial charge in [-0.05, 0) is 55.2 Å². The molecule has 2 N–H and O–H groups in total. The second kappa shape index (κ2) is 10.2. The van der Waals surface area contributed by atoms with E-state index >= 15 is 0 Å². The molecule has 0 aliphatic carbocycles. The molecular formula is C25H23N5O6S. The molecule has 0 bridgehead atoms. The SMILES string of the molecule is C#CC(=O)NCc1cnn(Cc2cc(C)c3c(NS(=O)(=O)c4ccc(C(C)=O)cc4OC)noc3c2)c1. The number of rotatable bonds is 9. The van der Waals surface area contributed by atoms with E-state index in [1.54, 1.807) is 23.1 Å². The molecule has 1 amide bonds. The van der Waals surface area contributed by atoms with E-state index in [0.29, 0.717) is 23.1 Å². The molecular weight excluding hydrogens is 498 g/mol.